The fourth-order valence-electron chi connectivity index (χ4n) is 3.53. The number of benzene rings is 1. The normalized spacial score (nSPS) is 15.4. The lowest BCUT2D eigenvalue weighted by Gasteiger charge is -2.09. The largest absolute Gasteiger partial charge is 0.332 e. The lowest BCUT2D eigenvalue weighted by Crippen LogP contribution is -2.06. The van der Waals surface area contributed by atoms with Crippen LogP contribution in [0.15, 0.2) is 35.0 Å². The summed E-state index contributed by atoms with van der Waals surface area (Å²) in [5.41, 5.74) is 3.57. The summed E-state index contributed by atoms with van der Waals surface area (Å²) in [6, 6.07) is 8.31. The van der Waals surface area contributed by atoms with Crippen LogP contribution in [0.4, 0.5) is 0 Å². The van der Waals surface area contributed by atoms with Crippen molar-refractivity contribution in [3.8, 4) is 23.0 Å². The Labute approximate surface area is 143 Å². The first-order chi connectivity index (χ1) is 12.3. The van der Waals surface area contributed by atoms with Crippen molar-refractivity contribution in [1.29, 1.82) is 0 Å². The lowest BCUT2D eigenvalue weighted by molar-refractivity contribution is 0.428. The molecule has 0 atom stereocenters. The van der Waals surface area contributed by atoms with E-state index >= 15 is 0 Å². The van der Waals surface area contributed by atoms with Crippen LogP contribution in [0, 0.1) is 0 Å². The monoisotopic (exact) mass is 335 g/mol. The van der Waals surface area contributed by atoms with Gasteiger partial charge in [-0.3, -0.25) is 4.68 Å². The van der Waals surface area contributed by atoms with E-state index in [1.165, 1.54) is 25.7 Å². The maximum absolute atomic E-state index is 5.38. The van der Waals surface area contributed by atoms with Crippen LogP contribution < -0.4 is 0 Å². The van der Waals surface area contributed by atoms with E-state index in [1.54, 1.807) is 10.9 Å². The second kappa shape index (κ2) is 5.51. The fourth-order valence-corrected chi connectivity index (χ4v) is 3.53. The van der Waals surface area contributed by atoms with Crippen molar-refractivity contribution >= 4 is 11.0 Å². The van der Waals surface area contributed by atoms with Gasteiger partial charge in [-0.15, -0.1) is 5.10 Å². The first-order valence-electron chi connectivity index (χ1n) is 8.47. The van der Waals surface area contributed by atoms with E-state index < -0.39 is 0 Å². The van der Waals surface area contributed by atoms with Crippen molar-refractivity contribution in [2.75, 3.05) is 0 Å². The summed E-state index contributed by atoms with van der Waals surface area (Å²) in [5.74, 6) is 0.984. The molecule has 0 radical (unpaired) electrons. The number of hydrogen-bond acceptors (Lipinski definition) is 6. The van der Waals surface area contributed by atoms with E-state index in [-0.39, 0.29) is 0 Å². The van der Waals surface area contributed by atoms with Gasteiger partial charge in [0.05, 0.1) is 11.6 Å². The highest BCUT2D eigenvalue weighted by Crippen LogP contribution is 2.32. The Morgan fingerprint density at radius 1 is 1.16 bits per heavy atom. The molecule has 126 valence electrons. The molecule has 4 aromatic rings. The highest BCUT2D eigenvalue weighted by Gasteiger charge is 2.21. The Kier molecular flexibility index (Phi) is 3.16. The maximum atomic E-state index is 5.38. The Morgan fingerprint density at radius 2 is 2.04 bits per heavy atom. The Morgan fingerprint density at radius 3 is 2.84 bits per heavy atom. The first-order valence-corrected chi connectivity index (χ1v) is 8.47. The van der Waals surface area contributed by atoms with Gasteiger partial charge in [-0.1, -0.05) is 23.2 Å². The average molecular weight is 335 g/mol. The van der Waals surface area contributed by atoms with Gasteiger partial charge >= 0.3 is 0 Å². The highest BCUT2D eigenvalue weighted by molar-refractivity contribution is 5.80. The lowest BCUT2D eigenvalue weighted by atomic mass is 10.1. The van der Waals surface area contributed by atoms with Crippen LogP contribution in [0.25, 0.3) is 34.0 Å². The molecule has 0 amide bonds. The zero-order valence-electron chi connectivity index (χ0n) is 13.8. The molecule has 3 aromatic heterocycles. The topological polar surface area (TPSA) is 87.5 Å². The Balaban J connectivity index is 1.51. The molecule has 1 aromatic carbocycles. The zero-order valence-corrected chi connectivity index (χ0v) is 13.8. The van der Waals surface area contributed by atoms with Crippen LogP contribution in [-0.4, -0.2) is 34.9 Å². The summed E-state index contributed by atoms with van der Waals surface area (Å²) in [5, 5.41) is 16.9. The second-order valence-electron chi connectivity index (χ2n) is 6.44. The predicted octanol–water partition coefficient (Wildman–Crippen LogP) is 3.00. The molecule has 1 saturated carbocycles. The van der Waals surface area contributed by atoms with Crippen molar-refractivity contribution in [2.45, 2.75) is 31.7 Å². The number of fused-ring (bicyclic) bond motifs is 1. The van der Waals surface area contributed by atoms with Crippen LogP contribution in [-0.2, 0) is 7.05 Å². The molecule has 1 aliphatic rings. The summed E-state index contributed by atoms with van der Waals surface area (Å²) < 4.78 is 9.14. The molecular weight excluding hydrogens is 318 g/mol. The van der Waals surface area contributed by atoms with Gasteiger partial charge in [0.2, 0.25) is 5.82 Å². The third-order valence-electron chi connectivity index (χ3n) is 4.87. The third-order valence-corrected chi connectivity index (χ3v) is 4.87. The van der Waals surface area contributed by atoms with Crippen molar-refractivity contribution < 1.29 is 4.52 Å². The number of rotatable bonds is 3. The quantitative estimate of drug-likeness (QED) is 0.572. The zero-order chi connectivity index (χ0) is 16.8. The predicted molar refractivity (Wildman–Crippen MR) is 90.5 cm³/mol. The molecule has 0 spiro atoms. The Hall–Kier alpha value is -3.03. The molecular formula is C17H17N7O. The van der Waals surface area contributed by atoms with Gasteiger partial charge in [-0.25, -0.2) is 4.68 Å². The molecule has 5 rings (SSSR count). The minimum Gasteiger partial charge on any atom is -0.332 e. The summed E-state index contributed by atoms with van der Waals surface area (Å²) >= 11 is 0. The SMILES string of the molecule is Cn1nccc1-c1nc(-c2ccc3c(c2)nnn3C2CCCC2)no1. The van der Waals surface area contributed by atoms with E-state index in [0.717, 1.165) is 22.3 Å². The molecule has 8 nitrogen and oxygen atoms in total. The molecule has 1 fully saturated rings. The van der Waals surface area contributed by atoms with E-state index in [9.17, 15) is 0 Å². The van der Waals surface area contributed by atoms with Crippen LogP contribution in [0.5, 0.6) is 0 Å². The molecule has 1 aliphatic carbocycles. The van der Waals surface area contributed by atoms with E-state index in [4.69, 9.17) is 4.52 Å². The number of hydrogen-bond donors (Lipinski definition) is 0. The van der Waals surface area contributed by atoms with Gasteiger partial charge in [0, 0.05) is 18.8 Å². The summed E-state index contributed by atoms with van der Waals surface area (Å²) in [6.45, 7) is 0. The van der Waals surface area contributed by atoms with Crippen molar-refractivity contribution in [3.05, 3.63) is 30.5 Å². The van der Waals surface area contributed by atoms with Crippen LogP contribution >= 0.6 is 0 Å². The second-order valence-corrected chi connectivity index (χ2v) is 6.44. The Bertz CT molecular complexity index is 1040. The summed E-state index contributed by atoms with van der Waals surface area (Å²) in [4.78, 5) is 4.48. The fraction of sp³-hybridized carbons (Fsp3) is 0.353. The van der Waals surface area contributed by atoms with E-state index in [0.29, 0.717) is 17.8 Å². The van der Waals surface area contributed by atoms with Gasteiger partial charge in [-0.05, 0) is 37.1 Å². The number of aromatic nitrogens is 7. The molecule has 0 saturated heterocycles. The maximum Gasteiger partial charge on any atom is 0.276 e. The van der Waals surface area contributed by atoms with E-state index in [1.807, 2.05) is 31.3 Å². The highest BCUT2D eigenvalue weighted by atomic mass is 16.5. The van der Waals surface area contributed by atoms with Crippen molar-refractivity contribution in [2.24, 2.45) is 7.05 Å². The van der Waals surface area contributed by atoms with E-state index in [2.05, 4.69) is 30.2 Å². The minimum absolute atomic E-state index is 0.449. The molecule has 0 N–H and O–H groups in total. The van der Waals surface area contributed by atoms with Gasteiger partial charge in [0.1, 0.15) is 11.2 Å². The standard InChI is InChI=1S/C17H17N7O/c1-23-15(8-9-18-23)17-19-16(21-25-17)11-6-7-14-13(10-11)20-22-24(14)12-4-2-3-5-12/h6-10,12H,2-5H2,1H3. The minimum atomic E-state index is 0.449. The number of nitrogens with zero attached hydrogens (tertiary/aromatic N) is 7. The van der Waals surface area contributed by atoms with Crippen LogP contribution in [0.2, 0.25) is 0 Å². The van der Waals surface area contributed by atoms with Gasteiger partial charge in [-0.2, -0.15) is 10.1 Å². The molecule has 0 bridgehead atoms. The van der Waals surface area contributed by atoms with Crippen molar-refractivity contribution in [3.63, 3.8) is 0 Å². The first kappa shape index (κ1) is 14.3. The van der Waals surface area contributed by atoms with Gasteiger partial charge in [0.15, 0.2) is 0 Å². The van der Waals surface area contributed by atoms with Crippen molar-refractivity contribution in [1.82, 2.24) is 34.9 Å². The summed E-state index contributed by atoms with van der Waals surface area (Å²) in [6.07, 6.45) is 6.60. The molecule has 3 heterocycles. The molecule has 25 heavy (non-hydrogen) atoms. The molecule has 0 aliphatic heterocycles. The van der Waals surface area contributed by atoms with Gasteiger partial charge in [0.25, 0.3) is 5.89 Å². The molecule has 0 unspecified atom stereocenters. The number of aryl methyl sites for hydroxylation is 1. The smallest absolute Gasteiger partial charge is 0.276 e. The van der Waals surface area contributed by atoms with Gasteiger partial charge < -0.3 is 4.52 Å². The average Bonchev–Trinajstić information content (AvgIpc) is 3.39. The summed E-state index contributed by atoms with van der Waals surface area (Å²) in [7, 11) is 1.84. The third kappa shape index (κ3) is 2.33. The van der Waals surface area contributed by atoms with Crippen LogP contribution in [0.3, 0.4) is 0 Å². The molecule has 8 heteroatoms. The van der Waals surface area contributed by atoms with Crippen LogP contribution in [0.1, 0.15) is 31.7 Å².